The second kappa shape index (κ2) is 5.70. The first kappa shape index (κ1) is 16.6. The van der Waals surface area contributed by atoms with E-state index in [-0.39, 0.29) is 5.41 Å². The summed E-state index contributed by atoms with van der Waals surface area (Å²) in [6, 6.07) is 15.7. The Morgan fingerprint density at radius 3 is 2.59 bits per heavy atom. The van der Waals surface area contributed by atoms with Crippen molar-refractivity contribution in [3.8, 4) is 6.07 Å². The van der Waals surface area contributed by atoms with Gasteiger partial charge in [0, 0.05) is 17.3 Å². The molecule has 4 unspecified atom stereocenters. The lowest BCUT2D eigenvalue weighted by Crippen LogP contribution is -2.15. The van der Waals surface area contributed by atoms with E-state index in [0.717, 1.165) is 18.4 Å². The Kier molecular flexibility index (Phi) is 3.50. The Balaban J connectivity index is 1.60. The monoisotopic (exact) mass is 351 g/mol. The molecule has 0 heterocycles. The number of hydrogen-bond donors (Lipinski definition) is 0. The van der Waals surface area contributed by atoms with Crippen molar-refractivity contribution in [3.63, 3.8) is 0 Å². The van der Waals surface area contributed by atoms with Crippen LogP contribution in [0.5, 0.6) is 0 Å². The van der Waals surface area contributed by atoms with Crippen molar-refractivity contribution in [2.45, 2.75) is 45.4 Å². The molecule has 3 aliphatic rings. The fourth-order valence-corrected chi connectivity index (χ4v) is 6.12. The van der Waals surface area contributed by atoms with Gasteiger partial charge in [-0.1, -0.05) is 56.3 Å². The predicted octanol–water partition coefficient (Wildman–Crippen LogP) is 6.29. The summed E-state index contributed by atoms with van der Waals surface area (Å²) < 4.78 is 0. The van der Waals surface area contributed by atoms with Crippen LogP contribution in [0.3, 0.4) is 0 Å². The highest BCUT2D eigenvalue weighted by Gasteiger charge is 2.72. The van der Waals surface area contributed by atoms with Crippen molar-refractivity contribution in [1.82, 2.24) is 0 Å². The lowest BCUT2D eigenvalue weighted by molar-refractivity contribution is 0.469. The fraction of sp³-hybridized carbons (Fsp3) is 0.346. The molecule has 0 bridgehead atoms. The Bertz CT molecular complexity index is 1050. The molecule has 27 heavy (non-hydrogen) atoms. The van der Waals surface area contributed by atoms with Gasteiger partial charge in [-0.25, -0.2) is 0 Å². The molecular weight excluding hydrogens is 326 g/mol. The van der Waals surface area contributed by atoms with Gasteiger partial charge in [0.2, 0.25) is 0 Å². The average molecular weight is 351 g/mol. The number of fused-ring (bicyclic) bond motifs is 3. The zero-order chi connectivity index (χ0) is 18.8. The summed E-state index contributed by atoms with van der Waals surface area (Å²) in [5.74, 6) is 1.67. The normalized spacial score (nSPS) is 29.4. The van der Waals surface area contributed by atoms with Crippen LogP contribution in [0, 0.1) is 29.6 Å². The zero-order valence-electron chi connectivity index (χ0n) is 16.3. The summed E-state index contributed by atoms with van der Waals surface area (Å²) in [6.45, 7) is 6.76. The van der Waals surface area contributed by atoms with E-state index in [1.807, 2.05) is 6.07 Å². The summed E-state index contributed by atoms with van der Waals surface area (Å²) in [7, 11) is 0. The van der Waals surface area contributed by atoms with Gasteiger partial charge in [-0.2, -0.15) is 5.26 Å². The van der Waals surface area contributed by atoms with Crippen LogP contribution < -0.4 is 0 Å². The van der Waals surface area contributed by atoms with E-state index < -0.39 is 0 Å². The molecule has 1 saturated carbocycles. The highest BCUT2D eigenvalue weighted by atomic mass is 14.7. The van der Waals surface area contributed by atoms with Crippen molar-refractivity contribution in [3.05, 3.63) is 88.0 Å². The molecule has 5 rings (SSSR count). The van der Waals surface area contributed by atoms with Gasteiger partial charge in [-0.3, -0.25) is 0 Å². The van der Waals surface area contributed by atoms with Crippen molar-refractivity contribution in [2.75, 3.05) is 0 Å². The maximum absolute atomic E-state index is 9.32. The Hall–Kier alpha value is -2.59. The van der Waals surface area contributed by atoms with Crippen LogP contribution in [0.2, 0.25) is 0 Å². The smallest absolute Gasteiger partial charge is 0.0991 e. The number of nitrogens with zero attached hydrogens (tertiary/aromatic N) is 1. The summed E-state index contributed by atoms with van der Waals surface area (Å²) in [6.07, 6.45) is 9.31. The van der Waals surface area contributed by atoms with Gasteiger partial charge < -0.3 is 0 Å². The van der Waals surface area contributed by atoms with Crippen LogP contribution in [-0.2, 0) is 6.42 Å². The molecule has 0 N–H and O–H groups in total. The van der Waals surface area contributed by atoms with E-state index in [0.29, 0.717) is 17.8 Å². The van der Waals surface area contributed by atoms with E-state index in [9.17, 15) is 5.26 Å². The maximum atomic E-state index is 9.32. The molecule has 1 nitrogen and oxygen atoms in total. The van der Waals surface area contributed by atoms with Gasteiger partial charge in [0.05, 0.1) is 11.6 Å². The Labute approximate surface area is 162 Å². The zero-order valence-corrected chi connectivity index (χ0v) is 16.3. The lowest BCUT2D eigenvalue weighted by Gasteiger charge is -2.27. The Morgan fingerprint density at radius 2 is 1.89 bits per heavy atom. The van der Waals surface area contributed by atoms with Crippen molar-refractivity contribution in [1.29, 1.82) is 5.26 Å². The second-order valence-electron chi connectivity index (χ2n) is 8.35. The number of allylic oxidation sites excluding steroid dienone is 4. The SMILES string of the molecule is CCc1ccc(C2=CC=CC34C(CC)c5cc(C#N)ccc5C3C24)cc1C. The van der Waals surface area contributed by atoms with E-state index in [4.69, 9.17) is 0 Å². The van der Waals surface area contributed by atoms with Crippen molar-refractivity contribution < 1.29 is 0 Å². The molecule has 1 spiro atoms. The van der Waals surface area contributed by atoms with E-state index in [1.165, 1.54) is 33.4 Å². The maximum Gasteiger partial charge on any atom is 0.0991 e. The van der Waals surface area contributed by atoms with Gasteiger partial charge in [0.15, 0.2) is 0 Å². The lowest BCUT2D eigenvalue weighted by atomic mass is 9.77. The number of hydrogen-bond acceptors (Lipinski definition) is 1. The van der Waals surface area contributed by atoms with E-state index >= 15 is 0 Å². The topological polar surface area (TPSA) is 23.8 Å². The fourth-order valence-electron chi connectivity index (χ4n) is 6.12. The van der Waals surface area contributed by atoms with Crippen LogP contribution in [-0.4, -0.2) is 0 Å². The quantitative estimate of drug-likeness (QED) is 0.637. The average Bonchev–Trinajstić information content (AvgIpc) is 3.30. The minimum atomic E-state index is 0.229. The van der Waals surface area contributed by atoms with Gasteiger partial charge in [-0.05, 0) is 71.2 Å². The predicted molar refractivity (Wildman–Crippen MR) is 111 cm³/mol. The second-order valence-corrected chi connectivity index (χ2v) is 8.35. The molecule has 3 aliphatic carbocycles. The minimum absolute atomic E-state index is 0.229. The molecule has 1 heteroatoms. The third-order valence-corrected chi connectivity index (χ3v) is 7.29. The molecule has 0 aliphatic heterocycles. The Morgan fingerprint density at radius 1 is 1.04 bits per heavy atom. The summed E-state index contributed by atoms with van der Waals surface area (Å²) in [5.41, 5.74) is 9.65. The summed E-state index contributed by atoms with van der Waals surface area (Å²) in [4.78, 5) is 0. The van der Waals surface area contributed by atoms with E-state index in [1.54, 1.807) is 0 Å². The van der Waals surface area contributed by atoms with Gasteiger partial charge >= 0.3 is 0 Å². The van der Waals surface area contributed by atoms with Crippen LogP contribution >= 0.6 is 0 Å². The highest BCUT2D eigenvalue weighted by Crippen LogP contribution is 2.81. The van der Waals surface area contributed by atoms with Crippen LogP contribution in [0.4, 0.5) is 0 Å². The molecule has 0 aromatic heterocycles. The van der Waals surface area contributed by atoms with Gasteiger partial charge in [0.25, 0.3) is 0 Å². The van der Waals surface area contributed by atoms with Crippen molar-refractivity contribution in [2.24, 2.45) is 11.3 Å². The first-order chi connectivity index (χ1) is 13.2. The minimum Gasteiger partial charge on any atom is -0.192 e. The molecule has 0 saturated heterocycles. The summed E-state index contributed by atoms with van der Waals surface area (Å²) in [5, 5.41) is 9.32. The molecule has 2 aromatic rings. The van der Waals surface area contributed by atoms with Crippen LogP contribution in [0.15, 0.2) is 54.6 Å². The number of aryl methyl sites for hydroxylation is 2. The first-order valence-corrected chi connectivity index (χ1v) is 10.2. The van der Waals surface area contributed by atoms with Gasteiger partial charge in [0.1, 0.15) is 0 Å². The highest BCUT2D eigenvalue weighted by molar-refractivity contribution is 5.80. The molecule has 134 valence electrons. The molecule has 0 radical (unpaired) electrons. The molecule has 1 fully saturated rings. The molecular formula is C26H25N. The van der Waals surface area contributed by atoms with Crippen LogP contribution in [0.1, 0.15) is 65.5 Å². The number of nitriles is 1. The third-order valence-electron chi connectivity index (χ3n) is 7.29. The summed E-state index contributed by atoms with van der Waals surface area (Å²) >= 11 is 0. The largest absolute Gasteiger partial charge is 0.192 e. The standard InChI is InChI=1S/C26H25N/c1-4-18-9-10-19(13-16(18)3)20-7-6-12-26-23(5-2)22-14-17(15-27)8-11-21(22)25(26)24(20)26/h6-14,23-25H,4-5H2,1-3H3. The molecule has 2 aromatic carbocycles. The number of rotatable bonds is 3. The number of benzene rings is 2. The molecule has 0 amide bonds. The van der Waals surface area contributed by atoms with Gasteiger partial charge in [-0.15, -0.1) is 0 Å². The van der Waals surface area contributed by atoms with E-state index in [2.05, 4.69) is 75.4 Å². The first-order valence-electron chi connectivity index (χ1n) is 10.2. The molecule has 4 atom stereocenters. The van der Waals surface area contributed by atoms with Crippen LogP contribution in [0.25, 0.3) is 5.57 Å². The van der Waals surface area contributed by atoms with Crippen molar-refractivity contribution >= 4 is 5.57 Å². The third kappa shape index (κ3) is 2.05.